The molecule has 2 aliphatic heterocycles. The summed E-state index contributed by atoms with van der Waals surface area (Å²) in [6.07, 6.45) is 8.90. The molecular formula is C22H30N2O4. The summed E-state index contributed by atoms with van der Waals surface area (Å²) in [5, 5.41) is 3.05. The molecular weight excluding hydrogens is 356 g/mol. The van der Waals surface area contributed by atoms with Gasteiger partial charge < -0.3 is 19.5 Å². The molecule has 1 aromatic rings. The Morgan fingerprint density at radius 3 is 2.68 bits per heavy atom. The van der Waals surface area contributed by atoms with Crippen molar-refractivity contribution in [2.75, 3.05) is 31.6 Å². The minimum atomic E-state index is -0.477. The molecule has 1 atom stereocenters. The maximum absolute atomic E-state index is 12.7. The molecule has 1 saturated heterocycles. The second kappa shape index (κ2) is 7.56. The van der Waals surface area contributed by atoms with Gasteiger partial charge >= 0.3 is 0 Å². The Morgan fingerprint density at radius 1 is 1.11 bits per heavy atom. The summed E-state index contributed by atoms with van der Waals surface area (Å²) >= 11 is 0. The first-order valence-electron chi connectivity index (χ1n) is 10.8. The standard InChI is InChI=1S/C22H30N2O4/c25-21(14-24(18-5-6-18)13-16-8-11-26-15-16)23-17-4-7-19-20(12-17)28-22(27-19)9-2-1-3-10-22/h4,7,12,16,18H,1-3,5-6,8-11,13-15H2,(H,23,25). The third-order valence-electron chi connectivity index (χ3n) is 6.36. The molecule has 28 heavy (non-hydrogen) atoms. The Hall–Kier alpha value is -1.79. The predicted molar refractivity (Wildman–Crippen MR) is 106 cm³/mol. The van der Waals surface area contributed by atoms with Gasteiger partial charge in [-0.15, -0.1) is 0 Å². The van der Waals surface area contributed by atoms with E-state index in [9.17, 15) is 4.79 Å². The van der Waals surface area contributed by atoms with Crippen LogP contribution in [0.15, 0.2) is 18.2 Å². The number of carbonyl (C=O) groups excluding carboxylic acids is 1. The average Bonchev–Trinajstić information content (AvgIpc) is 3.30. The van der Waals surface area contributed by atoms with Gasteiger partial charge in [-0.05, 0) is 50.2 Å². The van der Waals surface area contributed by atoms with Gasteiger partial charge in [-0.3, -0.25) is 9.69 Å². The van der Waals surface area contributed by atoms with E-state index in [1.807, 2.05) is 18.2 Å². The molecule has 2 aliphatic carbocycles. The Labute approximate surface area is 166 Å². The van der Waals surface area contributed by atoms with Crippen LogP contribution in [0.5, 0.6) is 11.5 Å². The van der Waals surface area contributed by atoms with Crippen molar-refractivity contribution in [3.8, 4) is 11.5 Å². The molecule has 1 aromatic carbocycles. The smallest absolute Gasteiger partial charge is 0.251 e. The summed E-state index contributed by atoms with van der Waals surface area (Å²) in [4.78, 5) is 15.0. The summed E-state index contributed by atoms with van der Waals surface area (Å²) < 4.78 is 17.8. The van der Waals surface area contributed by atoms with Crippen LogP contribution in [0.4, 0.5) is 5.69 Å². The summed E-state index contributed by atoms with van der Waals surface area (Å²) in [6.45, 7) is 3.09. The van der Waals surface area contributed by atoms with Gasteiger partial charge in [0.15, 0.2) is 11.5 Å². The zero-order valence-corrected chi connectivity index (χ0v) is 16.5. The molecule has 0 bridgehead atoms. The molecule has 3 fully saturated rings. The molecule has 2 heterocycles. The second-order valence-electron chi connectivity index (χ2n) is 8.78. The van der Waals surface area contributed by atoms with Gasteiger partial charge in [0.1, 0.15) is 0 Å². The topological polar surface area (TPSA) is 60.0 Å². The Balaban J connectivity index is 1.19. The lowest BCUT2D eigenvalue weighted by Gasteiger charge is -2.31. The largest absolute Gasteiger partial charge is 0.448 e. The number of carbonyl (C=O) groups is 1. The van der Waals surface area contributed by atoms with Crippen LogP contribution in [0.3, 0.4) is 0 Å². The number of anilines is 1. The van der Waals surface area contributed by atoms with Crippen molar-refractivity contribution in [2.24, 2.45) is 5.92 Å². The highest BCUT2D eigenvalue weighted by atomic mass is 16.7. The molecule has 1 unspecified atom stereocenters. The summed E-state index contributed by atoms with van der Waals surface area (Å²) in [7, 11) is 0. The third-order valence-corrected chi connectivity index (χ3v) is 6.36. The van der Waals surface area contributed by atoms with Crippen LogP contribution >= 0.6 is 0 Å². The number of hydrogen-bond donors (Lipinski definition) is 1. The molecule has 5 rings (SSSR count). The number of hydrogen-bond acceptors (Lipinski definition) is 5. The normalized spacial score (nSPS) is 25.4. The third kappa shape index (κ3) is 3.98. The van der Waals surface area contributed by atoms with Gasteiger partial charge in [-0.25, -0.2) is 0 Å². The lowest BCUT2D eigenvalue weighted by Crippen LogP contribution is -2.40. The molecule has 0 radical (unpaired) electrons. The van der Waals surface area contributed by atoms with E-state index < -0.39 is 5.79 Å². The molecule has 152 valence electrons. The first kappa shape index (κ1) is 18.3. The van der Waals surface area contributed by atoms with E-state index in [1.54, 1.807) is 0 Å². The van der Waals surface area contributed by atoms with Crippen molar-refractivity contribution >= 4 is 11.6 Å². The zero-order chi connectivity index (χ0) is 19.0. The SMILES string of the molecule is O=C(CN(CC1CCOC1)C1CC1)Nc1ccc2c(c1)OC1(CCCCC1)O2. The van der Waals surface area contributed by atoms with Gasteiger partial charge in [0.05, 0.1) is 13.2 Å². The maximum atomic E-state index is 12.7. The Morgan fingerprint density at radius 2 is 1.93 bits per heavy atom. The fourth-order valence-electron chi connectivity index (χ4n) is 4.69. The number of nitrogens with zero attached hydrogens (tertiary/aromatic N) is 1. The van der Waals surface area contributed by atoms with E-state index >= 15 is 0 Å². The van der Waals surface area contributed by atoms with Crippen molar-refractivity contribution in [1.29, 1.82) is 0 Å². The van der Waals surface area contributed by atoms with Gasteiger partial charge in [0, 0.05) is 43.8 Å². The van der Waals surface area contributed by atoms with Gasteiger partial charge in [0.25, 0.3) is 5.79 Å². The number of benzene rings is 1. The summed E-state index contributed by atoms with van der Waals surface area (Å²) in [5.41, 5.74) is 0.778. The van der Waals surface area contributed by atoms with E-state index in [0.717, 1.165) is 69.0 Å². The molecule has 2 saturated carbocycles. The Kier molecular flexibility index (Phi) is 4.93. The van der Waals surface area contributed by atoms with Gasteiger partial charge in [0.2, 0.25) is 5.91 Å². The highest BCUT2D eigenvalue weighted by molar-refractivity contribution is 5.92. The predicted octanol–water partition coefficient (Wildman–Crippen LogP) is 3.56. The van der Waals surface area contributed by atoms with Crippen molar-refractivity contribution in [2.45, 2.75) is 63.2 Å². The number of amides is 1. The van der Waals surface area contributed by atoms with Crippen LogP contribution in [0, 0.1) is 5.92 Å². The average molecular weight is 386 g/mol. The van der Waals surface area contributed by atoms with Crippen LogP contribution < -0.4 is 14.8 Å². The van der Waals surface area contributed by atoms with Crippen molar-refractivity contribution in [1.82, 2.24) is 4.90 Å². The van der Waals surface area contributed by atoms with E-state index in [-0.39, 0.29) is 5.91 Å². The van der Waals surface area contributed by atoms with Gasteiger partial charge in [-0.1, -0.05) is 6.42 Å². The lowest BCUT2D eigenvalue weighted by molar-refractivity contribution is -0.117. The Bertz CT molecular complexity index is 721. The highest BCUT2D eigenvalue weighted by Crippen LogP contribution is 2.46. The van der Waals surface area contributed by atoms with Crippen LogP contribution in [-0.4, -0.2) is 48.9 Å². The van der Waals surface area contributed by atoms with E-state index in [1.165, 1.54) is 19.3 Å². The quantitative estimate of drug-likeness (QED) is 0.810. The summed E-state index contributed by atoms with van der Waals surface area (Å²) in [5.74, 6) is 1.67. The molecule has 6 nitrogen and oxygen atoms in total. The van der Waals surface area contributed by atoms with Crippen LogP contribution in [-0.2, 0) is 9.53 Å². The number of nitrogens with one attached hydrogen (secondary N) is 1. The molecule has 1 amide bonds. The molecule has 0 aromatic heterocycles. The van der Waals surface area contributed by atoms with Crippen LogP contribution in [0.2, 0.25) is 0 Å². The minimum Gasteiger partial charge on any atom is -0.448 e. The highest BCUT2D eigenvalue weighted by Gasteiger charge is 2.42. The van der Waals surface area contributed by atoms with Crippen molar-refractivity contribution in [3.63, 3.8) is 0 Å². The maximum Gasteiger partial charge on any atom is 0.251 e. The number of ether oxygens (including phenoxy) is 3. The summed E-state index contributed by atoms with van der Waals surface area (Å²) in [6, 6.07) is 6.30. The minimum absolute atomic E-state index is 0.0389. The lowest BCUT2D eigenvalue weighted by atomic mass is 9.94. The van der Waals surface area contributed by atoms with E-state index in [4.69, 9.17) is 14.2 Å². The molecule has 1 spiro atoms. The van der Waals surface area contributed by atoms with E-state index in [2.05, 4.69) is 10.2 Å². The van der Waals surface area contributed by atoms with Crippen molar-refractivity contribution < 1.29 is 19.0 Å². The fraction of sp³-hybridized carbons (Fsp3) is 0.682. The number of fused-ring (bicyclic) bond motifs is 1. The molecule has 6 heteroatoms. The first-order valence-corrected chi connectivity index (χ1v) is 10.8. The van der Waals surface area contributed by atoms with Crippen LogP contribution in [0.1, 0.15) is 51.4 Å². The first-order chi connectivity index (χ1) is 13.7. The fourth-order valence-corrected chi connectivity index (χ4v) is 4.69. The molecule has 1 N–H and O–H groups in total. The van der Waals surface area contributed by atoms with Crippen LogP contribution in [0.25, 0.3) is 0 Å². The number of rotatable bonds is 6. The van der Waals surface area contributed by atoms with Crippen molar-refractivity contribution in [3.05, 3.63) is 18.2 Å². The molecule has 4 aliphatic rings. The van der Waals surface area contributed by atoms with E-state index in [0.29, 0.717) is 18.5 Å². The monoisotopic (exact) mass is 386 g/mol. The van der Waals surface area contributed by atoms with Gasteiger partial charge in [-0.2, -0.15) is 0 Å². The zero-order valence-electron chi connectivity index (χ0n) is 16.5. The second-order valence-corrected chi connectivity index (χ2v) is 8.78.